The van der Waals surface area contributed by atoms with E-state index in [9.17, 15) is 24.0 Å². The van der Waals surface area contributed by atoms with E-state index in [1.165, 1.54) is 11.8 Å². The van der Waals surface area contributed by atoms with E-state index >= 15 is 0 Å². The number of primary amides is 1. The monoisotopic (exact) mass is 612 g/mol. The fourth-order valence-corrected chi connectivity index (χ4v) is 4.80. The molecule has 0 saturated heterocycles. The molecule has 0 fully saturated rings. The predicted molar refractivity (Wildman–Crippen MR) is 169 cm³/mol. The first kappa shape index (κ1) is 35.3. The van der Waals surface area contributed by atoms with Crippen LogP contribution in [0.3, 0.4) is 0 Å². The molecular weight excluding hydrogens is 568 g/mol. The number of hydrogen-bond donors (Lipinski definition) is 6. The van der Waals surface area contributed by atoms with Gasteiger partial charge in [-0.05, 0) is 48.3 Å². The summed E-state index contributed by atoms with van der Waals surface area (Å²) >= 11 is 1.52. The molecule has 11 nitrogen and oxygen atoms in total. The normalized spacial score (nSPS) is 13.7. The first-order valence-corrected chi connectivity index (χ1v) is 15.7. The third-order valence-electron chi connectivity index (χ3n) is 6.60. The van der Waals surface area contributed by atoms with Gasteiger partial charge in [-0.25, -0.2) is 0 Å². The van der Waals surface area contributed by atoms with E-state index in [-0.39, 0.29) is 12.3 Å². The molecule has 4 atom stereocenters. The maximum atomic E-state index is 13.2. The second kappa shape index (κ2) is 18.6. The number of carbonyl (C=O) groups is 5. The zero-order chi connectivity index (χ0) is 31.8. The van der Waals surface area contributed by atoms with E-state index < -0.39 is 60.2 Å². The number of amides is 5. The Kier molecular flexibility index (Phi) is 15.3. The van der Waals surface area contributed by atoms with Crippen molar-refractivity contribution < 1.29 is 24.0 Å². The summed E-state index contributed by atoms with van der Waals surface area (Å²) in [4.78, 5) is 63.8. The van der Waals surface area contributed by atoms with Crippen molar-refractivity contribution in [1.82, 2.24) is 21.3 Å². The van der Waals surface area contributed by atoms with Crippen LogP contribution in [0.5, 0.6) is 0 Å². The van der Waals surface area contributed by atoms with E-state index in [2.05, 4.69) is 21.3 Å². The van der Waals surface area contributed by atoms with Crippen LogP contribution in [0.15, 0.2) is 60.7 Å². The summed E-state index contributed by atoms with van der Waals surface area (Å²) in [6, 6.07) is 14.8. The van der Waals surface area contributed by atoms with Crippen molar-refractivity contribution in [3.8, 4) is 0 Å². The Labute approximate surface area is 257 Å². The van der Waals surface area contributed by atoms with Crippen molar-refractivity contribution in [2.24, 2.45) is 17.4 Å². The highest BCUT2D eigenvalue weighted by Gasteiger charge is 2.28. The molecule has 0 unspecified atom stereocenters. The Morgan fingerprint density at radius 2 is 1.30 bits per heavy atom. The van der Waals surface area contributed by atoms with Crippen LogP contribution in [0.1, 0.15) is 37.8 Å². The lowest BCUT2D eigenvalue weighted by Crippen LogP contribution is -2.56. The van der Waals surface area contributed by atoms with Crippen LogP contribution >= 0.6 is 11.8 Å². The average Bonchev–Trinajstić information content (AvgIpc) is 2.97. The Morgan fingerprint density at radius 1 is 0.744 bits per heavy atom. The van der Waals surface area contributed by atoms with Crippen molar-refractivity contribution in [1.29, 1.82) is 0 Å². The number of nitrogens with two attached hydrogens (primary N) is 2. The third-order valence-corrected chi connectivity index (χ3v) is 7.25. The van der Waals surface area contributed by atoms with Crippen LogP contribution in [0.25, 0.3) is 0 Å². The molecule has 0 radical (unpaired) electrons. The van der Waals surface area contributed by atoms with Crippen LogP contribution in [-0.4, -0.2) is 72.3 Å². The number of thioether (sulfide) groups is 1. The Balaban J connectivity index is 2.05. The van der Waals surface area contributed by atoms with E-state index in [0.29, 0.717) is 25.0 Å². The van der Waals surface area contributed by atoms with Gasteiger partial charge in [0.25, 0.3) is 0 Å². The van der Waals surface area contributed by atoms with Gasteiger partial charge in [0, 0.05) is 6.42 Å². The van der Waals surface area contributed by atoms with Gasteiger partial charge in [-0.15, -0.1) is 0 Å². The van der Waals surface area contributed by atoms with Crippen LogP contribution in [-0.2, 0) is 36.8 Å². The molecule has 2 aromatic rings. The molecule has 0 bridgehead atoms. The Bertz CT molecular complexity index is 1200. The van der Waals surface area contributed by atoms with E-state index in [4.69, 9.17) is 11.5 Å². The molecule has 234 valence electrons. The van der Waals surface area contributed by atoms with E-state index in [0.717, 1.165) is 11.1 Å². The molecule has 0 aliphatic heterocycles. The van der Waals surface area contributed by atoms with Gasteiger partial charge in [0.2, 0.25) is 29.5 Å². The summed E-state index contributed by atoms with van der Waals surface area (Å²) < 4.78 is 0. The predicted octanol–water partition coefficient (Wildman–Crippen LogP) is 0.654. The maximum absolute atomic E-state index is 13.2. The zero-order valence-corrected chi connectivity index (χ0v) is 25.8. The highest BCUT2D eigenvalue weighted by molar-refractivity contribution is 7.98. The lowest BCUT2D eigenvalue weighted by Gasteiger charge is -2.24. The third kappa shape index (κ3) is 13.3. The van der Waals surface area contributed by atoms with Gasteiger partial charge in [-0.2, -0.15) is 11.8 Å². The second-order valence-corrected chi connectivity index (χ2v) is 11.7. The number of hydrogen-bond acceptors (Lipinski definition) is 7. The standard InChI is InChI=1S/C31H44N6O5S/c1-20(2)16-25(31(42)36-24(28(33)39)14-15-43-3)35-27(38)19-34-30(41)26(18-22-12-8-5-9-13-22)37-29(40)23(32)17-21-10-6-4-7-11-21/h4-13,20,23-26H,14-19,32H2,1-3H3,(H2,33,39)(H,34,41)(H,35,38)(H,36,42)(H,37,40)/t23-,24-,25-,26-/m0/s1. The summed E-state index contributed by atoms with van der Waals surface area (Å²) in [5, 5.41) is 10.6. The number of benzene rings is 2. The van der Waals surface area contributed by atoms with Crippen molar-refractivity contribution in [2.75, 3.05) is 18.6 Å². The van der Waals surface area contributed by atoms with Crippen molar-refractivity contribution in [3.63, 3.8) is 0 Å². The fraction of sp³-hybridized carbons (Fsp3) is 0.452. The molecule has 8 N–H and O–H groups in total. The fourth-order valence-electron chi connectivity index (χ4n) is 4.33. The molecule has 0 heterocycles. The molecule has 0 aromatic heterocycles. The Hall–Kier alpha value is -3.90. The quantitative estimate of drug-likeness (QED) is 0.143. The highest BCUT2D eigenvalue weighted by Crippen LogP contribution is 2.08. The minimum absolute atomic E-state index is 0.0504. The van der Waals surface area contributed by atoms with Gasteiger partial charge in [0.05, 0.1) is 12.6 Å². The maximum Gasteiger partial charge on any atom is 0.243 e. The molecule has 5 amide bonds. The average molecular weight is 613 g/mol. The SMILES string of the molecule is CSCC[C@H](NC(=O)[C@H](CC(C)C)NC(=O)CNC(=O)[C@H](Cc1ccccc1)NC(=O)[C@@H](N)Cc1ccccc1)C(N)=O. The Morgan fingerprint density at radius 3 is 1.84 bits per heavy atom. The van der Waals surface area contributed by atoms with Crippen molar-refractivity contribution >= 4 is 41.3 Å². The summed E-state index contributed by atoms with van der Waals surface area (Å²) in [6.07, 6.45) is 3.03. The first-order chi connectivity index (χ1) is 20.5. The lowest BCUT2D eigenvalue weighted by molar-refractivity contribution is -0.132. The number of carbonyl (C=O) groups excluding carboxylic acids is 5. The van der Waals surface area contributed by atoms with Crippen LogP contribution in [0.4, 0.5) is 0 Å². The molecule has 12 heteroatoms. The molecule has 0 aliphatic rings. The van der Waals surface area contributed by atoms with Gasteiger partial charge < -0.3 is 32.7 Å². The summed E-state index contributed by atoms with van der Waals surface area (Å²) in [7, 11) is 0. The van der Waals surface area contributed by atoms with Gasteiger partial charge in [-0.1, -0.05) is 74.5 Å². The molecule has 0 saturated carbocycles. The summed E-state index contributed by atoms with van der Waals surface area (Å²) in [6.45, 7) is 3.36. The first-order valence-electron chi connectivity index (χ1n) is 14.3. The minimum atomic E-state index is -0.993. The highest BCUT2D eigenvalue weighted by atomic mass is 32.2. The summed E-state index contributed by atoms with van der Waals surface area (Å²) in [5.74, 6) is -2.18. The van der Waals surface area contributed by atoms with Crippen LogP contribution in [0, 0.1) is 5.92 Å². The number of nitrogens with one attached hydrogen (secondary N) is 4. The minimum Gasteiger partial charge on any atom is -0.368 e. The molecule has 0 aliphatic carbocycles. The second-order valence-electron chi connectivity index (χ2n) is 10.8. The molecular formula is C31H44N6O5S. The van der Waals surface area contributed by atoms with E-state index in [1.54, 1.807) is 0 Å². The van der Waals surface area contributed by atoms with Gasteiger partial charge >= 0.3 is 0 Å². The zero-order valence-electron chi connectivity index (χ0n) is 25.0. The van der Waals surface area contributed by atoms with Gasteiger partial charge in [-0.3, -0.25) is 24.0 Å². The number of rotatable bonds is 18. The van der Waals surface area contributed by atoms with Crippen LogP contribution in [0.2, 0.25) is 0 Å². The molecule has 0 spiro atoms. The largest absolute Gasteiger partial charge is 0.368 e. The van der Waals surface area contributed by atoms with Crippen LogP contribution < -0.4 is 32.7 Å². The molecule has 2 aromatic carbocycles. The summed E-state index contributed by atoms with van der Waals surface area (Å²) in [5.41, 5.74) is 13.3. The van der Waals surface area contributed by atoms with Gasteiger partial charge in [0.1, 0.15) is 18.1 Å². The topological polar surface area (TPSA) is 186 Å². The van der Waals surface area contributed by atoms with Gasteiger partial charge in [0.15, 0.2) is 0 Å². The van der Waals surface area contributed by atoms with E-state index in [1.807, 2.05) is 80.8 Å². The molecule has 43 heavy (non-hydrogen) atoms. The smallest absolute Gasteiger partial charge is 0.243 e. The molecule has 2 rings (SSSR count). The van der Waals surface area contributed by atoms with Crippen molar-refractivity contribution in [2.45, 2.75) is 63.7 Å². The lowest BCUT2D eigenvalue weighted by atomic mass is 10.0. The van der Waals surface area contributed by atoms with Crippen molar-refractivity contribution in [3.05, 3.63) is 71.8 Å².